The van der Waals surface area contributed by atoms with E-state index in [9.17, 15) is 24.6 Å². The van der Waals surface area contributed by atoms with E-state index < -0.39 is 24.3 Å². The fourth-order valence-electron chi connectivity index (χ4n) is 6.04. The number of carbonyl (C=O) groups excluding carboxylic acids is 3. The highest BCUT2D eigenvalue weighted by molar-refractivity contribution is 7.99. The Morgan fingerprint density at radius 3 is 2.32 bits per heavy atom. The highest BCUT2D eigenvalue weighted by atomic mass is 32.2. The molecule has 4 atom stereocenters. The molecule has 3 amide bonds. The summed E-state index contributed by atoms with van der Waals surface area (Å²) >= 11 is 1.64. The minimum Gasteiger partial charge on any atom is -0.445 e. The molecule has 1 unspecified atom stereocenters. The summed E-state index contributed by atoms with van der Waals surface area (Å²) < 4.78 is 18.1. The molecule has 0 bridgehead atoms. The summed E-state index contributed by atoms with van der Waals surface area (Å²) in [6.45, 7) is 0.237. The van der Waals surface area contributed by atoms with Gasteiger partial charge in [0.1, 0.15) is 12.6 Å². The number of hydrogen-bond donors (Lipinski definition) is 3. The van der Waals surface area contributed by atoms with Gasteiger partial charge in [-0.1, -0.05) is 97.1 Å². The molecule has 50 heavy (non-hydrogen) atoms. The molecule has 3 N–H and O–H groups in total. The summed E-state index contributed by atoms with van der Waals surface area (Å²) in [5.74, 6) is 0.537. The molecule has 0 saturated carbocycles. The molecule has 4 aromatic rings. The van der Waals surface area contributed by atoms with E-state index in [0.717, 1.165) is 44.7 Å². The lowest BCUT2D eigenvalue weighted by atomic mass is 9.99. The van der Waals surface area contributed by atoms with Gasteiger partial charge in [-0.25, -0.2) is 4.79 Å². The second-order valence-corrected chi connectivity index (χ2v) is 13.4. The van der Waals surface area contributed by atoms with Crippen LogP contribution in [0.5, 0.6) is 0 Å². The second kappa shape index (κ2) is 16.9. The standard InChI is InChI=1S/C39H40N2O8S/c42-17-18-50-25-33-20-35(30-11-9-26(23-43)10-12-30)49-38(48-33)31-15-13-29(14-16-31)32-8-4-7-28(19-32)22-41-36(44)21-34(37(41)45)40-39(46)47-24-27-5-2-1-3-6-27/h1-16,19,33-35,38,42-43H,17-18,20-25H2,(H,40,46)/t33-,34?,35+,38+/m1/s1. The fourth-order valence-corrected chi connectivity index (χ4v) is 6.81. The van der Waals surface area contributed by atoms with E-state index in [2.05, 4.69) is 5.32 Å². The normalized spacial score (nSPS) is 20.6. The van der Waals surface area contributed by atoms with E-state index >= 15 is 0 Å². The number of aliphatic hydroxyl groups is 2. The Morgan fingerprint density at radius 1 is 0.840 bits per heavy atom. The highest BCUT2D eigenvalue weighted by Crippen LogP contribution is 2.39. The lowest BCUT2D eigenvalue weighted by molar-refractivity contribution is -0.245. The maximum Gasteiger partial charge on any atom is 0.408 e. The van der Waals surface area contributed by atoms with Crippen molar-refractivity contribution in [1.82, 2.24) is 10.2 Å². The minimum absolute atomic E-state index is 0.0203. The zero-order valence-corrected chi connectivity index (χ0v) is 28.3. The lowest BCUT2D eigenvalue weighted by Crippen LogP contribution is -2.41. The molecule has 0 spiro atoms. The molecule has 0 aromatic heterocycles. The van der Waals surface area contributed by atoms with Crippen molar-refractivity contribution >= 4 is 29.7 Å². The van der Waals surface area contributed by atoms with Crippen molar-refractivity contribution in [2.24, 2.45) is 0 Å². The molecule has 2 fully saturated rings. The van der Waals surface area contributed by atoms with Crippen LogP contribution in [0.4, 0.5) is 4.79 Å². The van der Waals surface area contributed by atoms with Crippen LogP contribution in [0.2, 0.25) is 0 Å². The highest BCUT2D eigenvalue weighted by Gasteiger charge is 2.39. The summed E-state index contributed by atoms with van der Waals surface area (Å²) in [7, 11) is 0. The molecule has 2 heterocycles. The number of nitrogens with one attached hydrogen (secondary N) is 1. The Bertz CT molecular complexity index is 1750. The van der Waals surface area contributed by atoms with Gasteiger partial charge >= 0.3 is 6.09 Å². The third-order valence-electron chi connectivity index (χ3n) is 8.69. The zero-order valence-electron chi connectivity index (χ0n) is 27.5. The number of carbonyl (C=O) groups is 3. The maximum atomic E-state index is 13.1. The van der Waals surface area contributed by atoms with Crippen LogP contribution in [0, 0.1) is 0 Å². The first-order valence-corrected chi connectivity index (χ1v) is 17.8. The van der Waals surface area contributed by atoms with E-state index in [-0.39, 0.29) is 50.9 Å². The molecule has 260 valence electrons. The average molecular weight is 697 g/mol. The molecule has 0 radical (unpaired) electrons. The first kappa shape index (κ1) is 35.3. The van der Waals surface area contributed by atoms with Gasteiger partial charge < -0.3 is 29.7 Å². The van der Waals surface area contributed by atoms with E-state index in [4.69, 9.17) is 14.2 Å². The van der Waals surface area contributed by atoms with Crippen molar-refractivity contribution in [3.05, 3.63) is 131 Å². The summed E-state index contributed by atoms with van der Waals surface area (Å²) in [6.07, 6.45) is -1.05. The first-order valence-electron chi connectivity index (χ1n) is 16.6. The number of aliphatic hydroxyl groups excluding tert-OH is 2. The molecule has 2 saturated heterocycles. The van der Waals surface area contributed by atoms with Crippen LogP contribution in [0.25, 0.3) is 11.1 Å². The number of rotatable bonds is 13. The largest absolute Gasteiger partial charge is 0.445 e. The molecule has 11 heteroatoms. The van der Waals surface area contributed by atoms with Gasteiger partial charge in [0.25, 0.3) is 5.91 Å². The van der Waals surface area contributed by atoms with Crippen LogP contribution in [-0.4, -0.2) is 63.3 Å². The number of imide groups is 1. The number of nitrogens with zero attached hydrogens (tertiary/aromatic N) is 1. The van der Waals surface area contributed by atoms with Crippen molar-refractivity contribution in [2.75, 3.05) is 18.1 Å². The van der Waals surface area contributed by atoms with Gasteiger partial charge in [-0.2, -0.15) is 11.8 Å². The Kier molecular flexibility index (Phi) is 12.0. The van der Waals surface area contributed by atoms with Crippen LogP contribution in [0.3, 0.4) is 0 Å². The van der Waals surface area contributed by atoms with Gasteiger partial charge in [-0.3, -0.25) is 14.5 Å². The smallest absolute Gasteiger partial charge is 0.408 e. The molecule has 2 aliphatic heterocycles. The number of likely N-dealkylation sites (tertiary alicyclic amines) is 1. The van der Waals surface area contributed by atoms with Gasteiger partial charge in [0.15, 0.2) is 6.29 Å². The molecular weight excluding hydrogens is 657 g/mol. The van der Waals surface area contributed by atoms with Crippen LogP contribution in [0.1, 0.15) is 53.1 Å². The van der Waals surface area contributed by atoms with Crippen molar-refractivity contribution in [1.29, 1.82) is 0 Å². The van der Waals surface area contributed by atoms with Gasteiger partial charge in [0, 0.05) is 23.5 Å². The summed E-state index contributed by atoms with van der Waals surface area (Å²) in [5.41, 5.74) is 6.17. The predicted molar refractivity (Wildman–Crippen MR) is 188 cm³/mol. The second-order valence-electron chi connectivity index (χ2n) is 12.3. The average Bonchev–Trinajstić information content (AvgIpc) is 3.41. The van der Waals surface area contributed by atoms with Crippen molar-refractivity contribution in [2.45, 2.75) is 57.1 Å². The Morgan fingerprint density at radius 2 is 1.58 bits per heavy atom. The van der Waals surface area contributed by atoms with E-state index in [0.29, 0.717) is 12.2 Å². The molecule has 10 nitrogen and oxygen atoms in total. The minimum atomic E-state index is -0.974. The van der Waals surface area contributed by atoms with Crippen LogP contribution >= 0.6 is 11.8 Å². The fraction of sp³-hybridized carbons (Fsp3) is 0.308. The van der Waals surface area contributed by atoms with Crippen molar-refractivity contribution < 1.29 is 38.8 Å². The summed E-state index contributed by atoms with van der Waals surface area (Å²) in [5, 5.41) is 21.3. The van der Waals surface area contributed by atoms with Crippen LogP contribution in [0.15, 0.2) is 103 Å². The third-order valence-corrected chi connectivity index (χ3v) is 9.77. The zero-order chi connectivity index (χ0) is 34.9. The number of alkyl carbamates (subject to hydrolysis) is 1. The Hall–Kier alpha value is -4.52. The van der Waals surface area contributed by atoms with Crippen LogP contribution < -0.4 is 5.32 Å². The quantitative estimate of drug-likeness (QED) is 0.119. The summed E-state index contributed by atoms with van der Waals surface area (Å²) in [4.78, 5) is 39.4. The molecule has 2 aliphatic rings. The number of thioether (sulfide) groups is 1. The van der Waals surface area contributed by atoms with E-state index in [1.807, 2.05) is 103 Å². The van der Waals surface area contributed by atoms with Gasteiger partial charge in [-0.05, 0) is 39.4 Å². The number of hydrogen-bond acceptors (Lipinski definition) is 9. The van der Waals surface area contributed by atoms with E-state index in [1.54, 1.807) is 11.8 Å². The van der Waals surface area contributed by atoms with E-state index in [1.165, 1.54) is 4.90 Å². The first-order chi connectivity index (χ1) is 24.4. The third kappa shape index (κ3) is 8.98. The van der Waals surface area contributed by atoms with Gasteiger partial charge in [0.2, 0.25) is 5.91 Å². The van der Waals surface area contributed by atoms with Gasteiger partial charge in [0.05, 0.1) is 38.4 Å². The van der Waals surface area contributed by atoms with Crippen molar-refractivity contribution in [3.63, 3.8) is 0 Å². The Balaban J connectivity index is 1.09. The molecule has 0 aliphatic carbocycles. The van der Waals surface area contributed by atoms with Gasteiger partial charge in [-0.15, -0.1) is 0 Å². The lowest BCUT2D eigenvalue weighted by Gasteiger charge is -2.36. The number of amides is 3. The maximum absolute atomic E-state index is 13.1. The number of ether oxygens (including phenoxy) is 3. The molecule has 4 aromatic carbocycles. The van der Waals surface area contributed by atoms with Crippen molar-refractivity contribution in [3.8, 4) is 11.1 Å². The molecule has 6 rings (SSSR count). The summed E-state index contributed by atoms with van der Waals surface area (Å²) in [6, 6.07) is 31.6. The predicted octanol–water partition coefficient (Wildman–Crippen LogP) is 5.67. The Labute approximate surface area is 295 Å². The molecular formula is C39H40N2O8S. The number of benzene rings is 4. The topological polar surface area (TPSA) is 135 Å². The monoisotopic (exact) mass is 696 g/mol. The SMILES string of the molecule is O=C(NC1CC(=O)N(Cc2cccc(-c3ccc([C@H]4O[C@@H](CSCCO)C[C@@H](c5ccc(CO)cc5)O4)cc3)c2)C1=O)OCc1ccccc1. The van der Waals surface area contributed by atoms with Crippen LogP contribution in [-0.2, 0) is 43.6 Å².